The average Bonchev–Trinajstić information content (AvgIpc) is 2.29. The molecule has 1 N–H and O–H groups in total. The Labute approximate surface area is 106 Å². The average molecular weight is 287 g/mol. The lowest BCUT2D eigenvalue weighted by Gasteiger charge is -2.21. The standard InChI is InChI=1S/C12H19BrN2O/c1-14-7-4-8-15(2)11-9-10(13)5-6-12(11)16-3/h5-6,9,14H,4,7-8H2,1-3H3. The van der Waals surface area contributed by atoms with Crippen molar-refractivity contribution >= 4 is 21.6 Å². The fourth-order valence-corrected chi connectivity index (χ4v) is 1.92. The molecule has 0 aromatic heterocycles. The fourth-order valence-electron chi connectivity index (χ4n) is 1.57. The number of methoxy groups -OCH3 is 1. The van der Waals surface area contributed by atoms with Crippen LogP contribution in [0.25, 0.3) is 0 Å². The molecule has 0 saturated heterocycles. The first-order chi connectivity index (χ1) is 7.69. The van der Waals surface area contributed by atoms with Gasteiger partial charge in [0, 0.05) is 18.1 Å². The van der Waals surface area contributed by atoms with E-state index in [4.69, 9.17) is 4.74 Å². The van der Waals surface area contributed by atoms with Crippen molar-refractivity contribution in [2.24, 2.45) is 0 Å². The first-order valence-corrected chi connectivity index (χ1v) is 6.17. The van der Waals surface area contributed by atoms with E-state index in [1.54, 1.807) is 7.11 Å². The van der Waals surface area contributed by atoms with Gasteiger partial charge in [-0.25, -0.2) is 0 Å². The van der Waals surface area contributed by atoms with Crippen LogP contribution >= 0.6 is 15.9 Å². The molecule has 0 radical (unpaired) electrons. The molecule has 0 atom stereocenters. The molecule has 0 fully saturated rings. The monoisotopic (exact) mass is 286 g/mol. The minimum Gasteiger partial charge on any atom is -0.495 e. The zero-order valence-electron chi connectivity index (χ0n) is 10.1. The van der Waals surface area contributed by atoms with Gasteiger partial charge in [-0.1, -0.05) is 15.9 Å². The van der Waals surface area contributed by atoms with Crippen molar-refractivity contribution < 1.29 is 4.74 Å². The smallest absolute Gasteiger partial charge is 0.142 e. The van der Waals surface area contributed by atoms with Gasteiger partial charge in [-0.05, 0) is 38.2 Å². The number of anilines is 1. The molecular weight excluding hydrogens is 268 g/mol. The second kappa shape index (κ2) is 6.76. The SMILES string of the molecule is CNCCCN(C)c1cc(Br)ccc1OC. The largest absolute Gasteiger partial charge is 0.495 e. The van der Waals surface area contributed by atoms with Gasteiger partial charge in [-0.2, -0.15) is 0 Å². The van der Waals surface area contributed by atoms with Crippen molar-refractivity contribution in [3.63, 3.8) is 0 Å². The van der Waals surface area contributed by atoms with Crippen LogP contribution in [0.4, 0.5) is 5.69 Å². The van der Waals surface area contributed by atoms with Gasteiger partial charge in [0.15, 0.2) is 0 Å². The molecule has 1 rings (SSSR count). The normalized spacial score (nSPS) is 10.2. The maximum atomic E-state index is 5.35. The summed E-state index contributed by atoms with van der Waals surface area (Å²) in [6.07, 6.45) is 1.11. The van der Waals surface area contributed by atoms with Gasteiger partial charge in [-0.15, -0.1) is 0 Å². The summed E-state index contributed by atoms with van der Waals surface area (Å²) in [4.78, 5) is 2.21. The van der Waals surface area contributed by atoms with Crippen LogP contribution in [0.5, 0.6) is 5.75 Å². The topological polar surface area (TPSA) is 24.5 Å². The Balaban J connectivity index is 2.72. The number of hydrogen-bond donors (Lipinski definition) is 1. The summed E-state index contributed by atoms with van der Waals surface area (Å²) in [5, 5.41) is 3.15. The highest BCUT2D eigenvalue weighted by Crippen LogP contribution is 2.30. The quantitative estimate of drug-likeness (QED) is 0.814. The van der Waals surface area contributed by atoms with Crippen LogP contribution < -0.4 is 15.0 Å². The van der Waals surface area contributed by atoms with Crippen molar-refractivity contribution in [2.45, 2.75) is 6.42 Å². The third-order valence-corrected chi connectivity index (χ3v) is 2.97. The molecule has 0 unspecified atom stereocenters. The van der Waals surface area contributed by atoms with Crippen LogP contribution in [-0.4, -0.2) is 34.3 Å². The van der Waals surface area contributed by atoms with E-state index in [-0.39, 0.29) is 0 Å². The van der Waals surface area contributed by atoms with Gasteiger partial charge in [0.05, 0.1) is 12.8 Å². The van der Waals surface area contributed by atoms with Crippen molar-refractivity contribution in [3.8, 4) is 5.75 Å². The predicted octanol–water partition coefficient (Wildman–Crippen LogP) is 2.50. The van der Waals surface area contributed by atoms with Crippen LogP contribution in [0.3, 0.4) is 0 Å². The van der Waals surface area contributed by atoms with E-state index in [9.17, 15) is 0 Å². The van der Waals surface area contributed by atoms with Crippen LogP contribution in [0.2, 0.25) is 0 Å². The molecule has 0 aliphatic carbocycles. The minimum absolute atomic E-state index is 0.912. The highest BCUT2D eigenvalue weighted by molar-refractivity contribution is 9.10. The Bertz CT molecular complexity index is 331. The van der Waals surface area contributed by atoms with Gasteiger partial charge in [0.1, 0.15) is 5.75 Å². The predicted molar refractivity (Wildman–Crippen MR) is 72.5 cm³/mol. The first-order valence-electron chi connectivity index (χ1n) is 5.38. The zero-order chi connectivity index (χ0) is 12.0. The summed E-state index contributed by atoms with van der Waals surface area (Å²) in [5.74, 6) is 0.912. The number of hydrogen-bond acceptors (Lipinski definition) is 3. The van der Waals surface area contributed by atoms with Crippen LogP contribution in [0.1, 0.15) is 6.42 Å². The van der Waals surface area contributed by atoms with Crippen LogP contribution in [0, 0.1) is 0 Å². The fraction of sp³-hybridized carbons (Fsp3) is 0.500. The lowest BCUT2D eigenvalue weighted by Crippen LogP contribution is -2.22. The Morgan fingerprint density at radius 3 is 2.81 bits per heavy atom. The van der Waals surface area contributed by atoms with Crippen molar-refractivity contribution in [1.29, 1.82) is 0 Å². The second-order valence-corrected chi connectivity index (χ2v) is 4.61. The molecule has 4 heteroatoms. The Hall–Kier alpha value is -0.740. The molecule has 1 aromatic carbocycles. The Morgan fingerprint density at radius 2 is 2.19 bits per heavy atom. The maximum absolute atomic E-state index is 5.35. The highest BCUT2D eigenvalue weighted by Gasteiger charge is 2.08. The summed E-state index contributed by atoms with van der Waals surface area (Å²) in [5.41, 5.74) is 1.12. The molecule has 0 amide bonds. The van der Waals surface area contributed by atoms with Crippen molar-refractivity contribution in [2.75, 3.05) is 39.2 Å². The number of ether oxygens (including phenoxy) is 1. The third-order valence-electron chi connectivity index (χ3n) is 2.47. The summed E-state index contributed by atoms with van der Waals surface area (Å²) in [7, 11) is 5.76. The molecule has 0 aliphatic rings. The van der Waals surface area contributed by atoms with E-state index in [2.05, 4.69) is 39.3 Å². The molecule has 1 aromatic rings. The van der Waals surface area contributed by atoms with Gasteiger partial charge in [-0.3, -0.25) is 0 Å². The lowest BCUT2D eigenvalue weighted by atomic mass is 10.2. The minimum atomic E-state index is 0.912. The van der Waals surface area contributed by atoms with E-state index >= 15 is 0 Å². The summed E-state index contributed by atoms with van der Waals surface area (Å²) in [6.45, 7) is 2.04. The Morgan fingerprint density at radius 1 is 1.44 bits per heavy atom. The van der Waals surface area contributed by atoms with E-state index in [0.29, 0.717) is 0 Å². The third kappa shape index (κ3) is 3.68. The number of nitrogens with zero attached hydrogens (tertiary/aromatic N) is 1. The molecule has 16 heavy (non-hydrogen) atoms. The summed E-state index contributed by atoms with van der Waals surface area (Å²) < 4.78 is 6.42. The zero-order valence-corrected chi connectivity index (χ0v) is 11.7. The van der Waals surface area contributed by atoms with Crippen LogP contribution in [-0.2, 0) is 0 Å². The van der Waals surface area contributed by atoms with Crippen molar-refractivity contribution in [1.82, 2.24) is 5.32 Å². The van der Waals surface area contributed by atoms with E-state index in [1.807, 2.05) is 19.2 Å². The lowest BCUT2D eigenvalue weighted by molar-refractivity contribution is 0.414. The molecular formula is C12H19BrN2O. The van der Waals surface area contributed by atoms with E-state index in [1.165, 1.54) is 0 Å². The molecule has 0 spiro atoms. The number of halogens is 1. The van der Waals surface area contributed by atoms with Gasteiger partial charge in [0.25, 0.3) is 0 Å². The van der Waals surface area contributed by atoms with Gasteiger partial charge in [0.2, 0.25) is 0 Å². The molecule has 3 nitrogen and oxygen atoms in total. The van der Waals surface area contributed by atoms with Gasteiger partial charge >= 0.3 is 0 Å². The molecule has 0 aliphatic heterocycles. The first kappa shape index (κ1) is 13.3. The number of benzene rings is 1. The summed E-state index contributed by atoms with van der Waals surface area (Å²) in [6, 6.07) is 6.05. The second-order valence-electron chi connectivity index (χ2n) is 3.69. The van der Waals surface area contributed by atoms with Gasteiger partial charge < -0.3 is 15.0 Å². The Kier molecular flexibility index (Phi) is 5.63. The van der Waals surface area contributed by atoms with Crippen LogP contribution in [0.15, 0.2) is 22.7 Å². The summed E-state index contributed by atoms with van der Waals surface area (Å²) >= 11 is 3.48. The molecule has 0 bridgehead atoms. The highest BCUT2D eigenvalue weighted by atomic mass is 79.9. The molecule has 90 valence electrons. The molecule has 0 heterocycles. The van der Waals surface area contributed by atoms with E-state index < -0.39 is 0 Å². The maximum Gasteiger partial charge on any atom is 0.142 e. The number of rotatable bonds is 6. The van der Waals surface area contributed by atoms with Crippen molar-refractivity contribution in [3.05, 3.63) is 22.7 Å². The number of nitrogens with one attached hydrogen (secondary N) is 1. The molecule has 0 saturated carbocycles. The van der Waals surface area contributed by atoms with E-state index in [0.717, 1.165) is 35.4 Å².